The van der Waals surface area contributed by atoms with Crippen LogP contribution in [-0.4, -0.2) is 51.6 Å². The Morgan fingerprint density at radius 3 is 2.42 bits per heavy atom. The molecule has 178 valence electrons. The van der Waals surface area contributed by atoms with Crippen LogP contribution in [0.15, 0.2) is 48.5 Å². The second kappa shape index (κ2) is 11.3. The van der Waals surface area contributed by atoms with E-state index in [4.69, 9.17) is 10.8 Å². The lowest BCUT2D eigenvalue weighted by atomic mass is 9.88. The Balaban J connectivity index is 0.00000385. The van der Waals surface area contributed by atoms with Gasteiger partial charge in [0, 0.05) is 30.9 Å². The first-order valence-corrected chi connectivity index (χ1v) is 10.6. The lowest BCUT2D eigenvalue weighted by molar-refractivity contribution is -0.158. The minimum absolute atomic E-state index is 0. The van der Waals surface area contributed by atoms with Crippen LogP contribution in [0, 0.1) is 0 Å². The molecule has 5 N–H and O–H groups in total. The zero-order chi connectivity index (χ0) is 23.3. The number of likely N-dealkylation sites (tertiary alicyclic amines) is 1. The molecule has 2 aromatic carbocycles. The topological polar surface area (TPSA) is 133 Å². The first-order chi connectivity index (χ1) is 15.2. The number of amides is 2. The van der Waals surface area contributed by atoms with Crippen molar-refractivity contribution < 1.29 is 24.6 Å². The smallest absolute Gasteiger partial charge is 0.335 e. The number of anilines is 1. The van der Waals surface area contributed by atoms with Gasteiger partial charge in [0.1, 0.15) is 0 Å². The lowest BCUT2D eigenvalue weighted by Crippen LogP contribution is -2.39. The molecule has 1 aliphatic heterocycles. The van der Waals surface area contributed by atoms with Crippen molar-refractivity contribution in [1.82, 2.24) is 4.90 Å². The summed E-state index contributed by atoms with van der Waals surface area (Å²) in [6.45, 7) is 2.83. The second-order valence-corrected chi connectivity index (χ2v) is 8.40. The van der Waals surface area contributed by atoms with Gasteiger partial charge in [-0.25, -0.2) is 4.79 Å². The number of nitrogens with zero attached hydrogens (tertiary/aromatic N) is 1. The third-order valence-corrected chi connectivity index (χ3v) is 5.80. The molecule has 0 aliphatic carbocycles. The number of hydrogen-bond donors (Lipinski definition) is 4. The minimum atomic E-state index is -2.16. The molecular formula is C24H31N3O5S. The molecule has 0 spiro atoms. The fourth-order valence-corrected chi connectivity index (χ4v) is 3.90. The first-order valence-electron chi connectivity index (χ1n) is 10.6. The Hall–Kier alpha value is -2.88. The maximum absolute atomic E-state index is 13.0. The van der Waals surface area contributed by atoms with E-state index >= 15 is 0 Å². The second-order valence-electron chi connectivity index (χ2n) is 8.40. The van der Waals surface area contributed by atoms with Crippen molar-refractivity contribution >= 4 is 37.0 Å². The van der Waals surface area contributed by atoms with E-state index in [0.29, 0.717) is 36.8 Å². The number of aliphatic hydroxyl groups is 1. The number of carboxylic acid groups (broad SMARTS) is 1. The zero-order valence-corrected chi connectivity index (χ0v) is 19.6. The maximum Gasteiger partial charge on any atom is 0.335 e. The third-order valence-electron chi connectivity index (χ3n) is 5.80. The predicted molar refractivity (Wildman–Crippen MR) is 131 cm³/mol. The van der Waals surface area contributed by atoms with Crippen LogP contribution >= 0.6 is 13.5 Å². The summed E-state index contributed by atoms with van der Waals surface area (Å²) in [5, 5.41) is 21.3. The third kappa shape index (κ3) is 6.80. The van der Waals surface area contributed by atoms with Crippen molar-refractivity contribution in [3.8, 4) is 0 Å². The number of rotatable bonds is 7. The summed E-state index contributed by atoms with van der Waals surface area (Å²) in [5.74, 6) is -1.86. The van der Waals surface area contributed by atoms with Gasteiger partial charge >= 0.3 is 5.97 Å². The van der Waals surface area contributed by atoms with Gasteiger partial charge in [-0.3, -0.25) is 9.59 Å². The Kier molecular flexibility index (Phi) is 9.04. The van der Waals surface area contributed by atoms with Gasteiger partial charge in [-0.15, -0.1) is 0 Å². The zero-order valence-electron chi connectivity index (χ0n) is 18.6. The highest BCUT2D eigenvalue weighted by atomic mass is 32.1. The van der Waals surface area contributed by atoms with Gasteiger partial charge < -0.3 is 26.2 Å². The molecule has 33 heavy (non-hydrogen) atoms. The fourth-order valence-electron chi connectivity index (χ4n) is 3.90. The van der Waals surface area contributed by atoms with Crippen molar-refractivity contribution in [3.63, 3.8) is 0 Å². The van der Waals surface area contributed by atoms with E-state index in [-0.39, 0.29) is 19.4 Å². The molecule has 1 saturated heterocycles. The van der Waals surface area contributed by atoms with Gasteiger partial charge in [0.25, 0.3) is 5.91 Å². The molecule has 3 rings (SSSR count). The van der Waals surface area contributed by atoms with Crippen molar-refractivity contribution in [1.29, 1.82) is 0 Å². The van der Waals surface area contributed by atoms with Gasteiger partial charge in [-0.2, -0.15) is 13.5 Å². The molecule has 2 aromatic rings. The Morgan fingerprint density at radius 1 is 1.12 bits per heavy atom. The number of hydrogen-bond acceptors (Lipinski definition) is 5. The van der Waals surface area contributed by atoms with Crippen LogP contribution in [-0.2, 0) is 16.1 Å². The van der Waals surface area contributed by atoms with Crippen LogP contribution in [0.1, 0.15) is 53.6 Å². The molecule has 1 heterocycles. The standard InChI is InChI=1S/C24H29N3O5.H2S/c1-24(32,23(30)31)14-21(28)26-20-7-3-6-19(13-20)22(29)27-10-8-17(9-11-27)18-5-2-4-16(12-18)15-25;/h2-7,12-13,17,32H,8-11,14-15,25H2,1H3,(H,26,28)(H,30,31);1H2/t24-;/m0./s1. The highest BCUT2D eigenvalue weighted by Gasteiger charge is 2.33. The van der Waals surface area contributed by atoms with E-state index in [0.717, 1.165) is 25.3 Å². The Bertz CT molecular complexity index is 1000. The van der Waals surface area contributed by atoms with E-state index in [9.17, 15) is 19.5 Å². The lowest BCUT2D eigenvalue weighted by Gasteiger charge is -2.32. The molecule has 1 atom stereocenters. The minimum Gasteiger partial charge on any atom is -0.479 e. The molecule has 0 bridgehead atoms. The average molecular weight is 474 g/mol. The molecule has 8 nitrogen and oxygen atoms in total. The van der Waals surface area contributed by atoms with Crippen molar-refractivity contribution in [2.45, 2.75) is 44.2 Å². The number of carbonyl (C=O) groups excluding carboxylic acids is 2. The Morgan fingerprint density at radius 2 is 1.79 bits per heavy atom. The van der Waals surface area contributed by atoms with E-state index in [1.807, 2.05) is 12.1 Å². The van der Waals surface area contributed by atoms with E-state index in [2.05, 4.69) is 17.4 Å². The highest BCUT2D eigenvalue weighted by Crippen LogP contribution is 2.29. The number of nitrogens with one attached hydrogen (secondary N) is 1. The van der Waals surface area contributed by atoms with Gasteiger partial charge in [0.15, 0.2) is 5.60 Å². The molecule has 9 heteroatoms. The number of aliphatic carboxylic acids is 1. The fraction of sp³-hybridized carbons (Fsp3) is 0.375. The van der Waals surface area contributed by atoms with Crippen LogP contribution in [0.5, 0.6) is 0 Å². The van der Waals surface area contributed by atoms with Crippen molar-refractivity contribution in [2.24, 2.45) is 5.73 Å². The number of nitrogens with two attached hydrogens (primary N) is 1. The number of carbonyl (C=O) groups is 3. The highest BCUT2D eigenvalue weighted by molar-refractivity contribution is 7.59. The molecule has 0 unspecified atom stereocenters. The maximum atomic E-state index is 13.0. The first kappa shape index (κ1) is 26.4. The van der Waals surface area contributed by atoms with E-state index < -0.39 is 23.9 Å². The summed E-state index contributed by atoms with van der Waals surface area (Å²) in [6.07, 6.45) is 1.13. The summed E-state index contributed by atoms with van der Waals surface area (Å²) in [7, 11) is 0. The van der Waals surface area contributed by atoms with Crippen LogP contribution in [0.25, 0.3) is 0 Å². The molecular weight excluding hydrogens is 442 g/mol. The number of benzene rings is 2. The monoisotopic (exact) mass is 473 g/mol. The molecule has 0 saturated carbocycles. The van der Waals surface area contributed by atoms with E-state index in [1.54, 1.807) is 29.2 Å². The average Bonchev–Trinajstić information content (AvgIpc) is 2.78. The van der Waals surface area contributed by atoms with Crippen LogP contribution in [0.4, 0.5) is 5.69 Å². The van der Waals surface area contributed by atoms with Crippen molar-refractivity contribution in [3.05, 3.63) is 65.2 Å². The summed E-state index contributed by atoms with van der Waals surface area (Å²) < 4.78 is 0. The quantitative estimate of drug-likeness (QED) is 0.488. The Labute approximate surface area is 200 Å². The number of piperidine rings is 1. The summed E-state index contributed by atoms with van der Waals surface area (Å²) >= 11 is 0. The number of carboxylic acids is 1. The van der Waals surface area contributed by atoms with Gasteiger partial charge in [-0.1, -0.05) is 30.3 Å². The van der Waals surface area contributed by atoms with Crippen LogP contribution < -0.4 is 11.1 Å². The molecule has 0 aromatic heterocycles. The van der Waals surface area contributed by atoms with Gasteiger partial charge in [0.05, 0.1) is 6.42 Å². The SMILES string of the molecule is C[C@](O)(CC(=O)Nc1cccc(C(=O)N2CCC(c3cccc(CN)c3)CC2)c1)C(=O)O.S. The summed E-state index contributed by atoms with van der Waals surface area (Å²) in [4.78, 5) is 37.9. The predicted octanol–water partition coefficient (Wildman–Crippen LogP) is 2.44. The van der Waals surface area contributed by atoms with Crippen LogP contribution in [0.3, 0.4) is 0 Å². The largest absolute Gasteiger partial charge is 0.479 e. The summed E-state index contributed by atoms with van der Waals surface area (Å²) in [6, 6.07) is 14.8. The molecule has 0 radical (unpaired) electrons. The summed E-state index contributed by atoms with van der Waals surface area (Å²) in [5.41, 5.74) is 6.75. The van der Waals surface area contributed by atoms with E-state index in [1.165, 1.54) is 5.56 Å². The molecule has 1 fully saturated rings. The molecule has 2 amide bonds. The van der Waals surface area contributed by atoms with Crippen molar-refractivity contribution in [2.75, 3.05) is 18.4 Å². The van der Waals surface area contributed by atoms with Gasteiger partial charge in [-0.05, 0) is 55.0 Å². The molecule has 1 aliphatic rings. The normalized spacial score (nSPS) is 15.8. The van der Waals surface area contributed by atoms with Crippen LogP contribution in [0.2, 0.25) is 0 Å². The van der Waals surface area contributed by atoms with Gasteiger partial charge in [0.2, 0.25) is 5.91 Å².